The van der Waals surface area contributed by atoms with E-state index in [1.165, 1.54) is 17.0 Å². The molecule has 0 bridgehead atoms. The zero-order chi connectivity index (χ0) is 25.0. The number of hydrogen-bond acceptors (Lipinski definition) is 4. The number of carbonyl (C=O) groups excluding carboxylic acids is 2. The molecule has 8 heteroatoms. The standard InChI is InChI=1S/C27H24F3NO4/c1-2-34-25(32)16-19-8-6-18(7-9-19)14-15-35-24-5-3-4-22-23(24)17-31(26(22)33)21-12-10-20(11-13-21)27(28,29)30/h3-13H,2,14-17H2,1H3. The van der Waals surface area contributed by atoms with Gasteiger partial charge in [0, 0.05) is 23.2 Å². The molecule has 1 aliphatic heterocycles. The summed E-state index contributed by atoms with van der Waals surface area (Å²) in [5.74, 6) is 0.0352. The minimum atomic E-state index is -4.43. The highest BCUT2D eigenvalue weighted by molar-refractivity contribution is 6.10. The molecule has 3 aromatic rings. The fraction of sp³-hybridized carbons (Fsp3) is 0.259. The molecule has 182 valence electrons. The van der Waals surface area contributed by atoms with Gasteiger partial charge in [-0.1, -0.05) is 30.3 Å². The van der Waals surface area contributed by atoms with Crippen LogP contribution in [0.25, 0.3) is 0 Å². The molecular weight excluding hydrogens is 459 g/mol. The minimum absolute atomic E-state index is 0.220. The molecule has 3 aromatic carbocycles. The van der Waals surface area contributed by atoms with Crippen molar-refractivity contribution >= 4 is 17.6 Å². The summed E-state index contributed by atoms with van der Waals surface area (Å²) in [6.07, 6.45) is -3.58. The Morgan fingerprint density at radius 2 is 1.66 bits per heavy atom. The van der Waals surface area contributed by atoms with Gasteiger partial charge in [0.1, 0.15) is 5.75 Å². The van der Waals surface area contributed by atoms with Crippen LogP contribution in [0.4, 0.5) is 18.9 Å². The number of carbonyl (C=O) groups is 2. The summed E-state index contributed by atoms with van der Waals surface area (Å²) in [6.45, 7) is 2.72. The third-order valence-electron chi connectivity index (χ3n) is 5.76. The smallest absolute Gasteiger partial charge is 0.416 e. The summed E-state index contributed by atoms with van der Waals surface area (Å²) in [4.78, 5) is 25.9. The number of benzene rings is 3. The van der Waals surface area contributed by atoms with Gasteiger partial charge in [-0.05, 0) is 54.4 Å². The van der Waals surface area contributed by atoms with Gasteiger partial charge in [-0.3, -0.25) is 9.59 Å². The van der Waals surface area contributed by atoms with E-state index in [9.17, 15) is 22.8 Å². The van der Waals surface area contributed by atoms with Crippen LogP contribution in [0.15, 0.2) is 66.7 Å². The molecule has 4 rings (SSSR count). The van der Waals surface area contributed by atoms with Crippen molar-refractivity contribution in [3.8, 4) is 5.75 Å². The normalized spacial score (nSPS) is 13.0. The number of hydrogen-bond donors (Lipinski definition) is 0. The van der Waals surface area contributed by atoms with Crippen LogP contribution in [0.2, 0.25) is 0 Å². The van der Waals surface area contributed by atoms with E-state index in [0.29, 0.717) is 42.2 Å². The lowest BCUT2D eigenvalue weighted by Crippen LogP contribution is -2.23. The molecule has 0 aliphatic carbocycles. The molecule has 35 heavy (non-hydrogen) atoms. The van der Waals surface area contributed by atoms with Gasteiger partial charge < -0.3 is 14.4 Å². The summed E-state index contributed by atoms with van der Waals surface area (Å²) in [5.41, 5.74) is 2.73. The van der Waals surface area contributed by atoms with Crippen LogP contribution < -0.4 is 9.64 Å². The maximum absolute atomic E-state index is 12.9. The molecule has 0 spiro atoms. The van der Waals surface area contributed by atoms with Crippen LogP contribution in [0.1, 0.15) is 39.5 Å². The molecule has 1 amide bonds. The van der Waals surface area contributed by atoms with E-state index in [1.807, 2.05) is 24.3 Å². The van der Waals surface area contributed by atoms with Crippen molar-refractivity contribution in [1.29, 1.82) is 0 Å². The number of fused-ring (bicyclic) bond motifs is 1. The SMILES string of the molecule is CCOC(=O)Cc1ccc(CCOc2cccc3c2CN(c2ccc(C(F)(F)F)cc2)C3=O)cc1. The van der Waals surface area contributed by atoms with Crippen LogP contribution in [-0.4, -0.2) is 25.1 Å². The highest BCUT2D eigenvalue weighted by atomic mass is 19.4. The quantitative estimate of drug-likeness (QED) is 0.392. The van der Waals surface area contributed by atoms with Crippen molar-refractivity contribution in [2.24, 2.45) is 0 Å². The number of nitrogens with zero attached hydrogens (tertiary/aromatic N) is 1. The first kappa shape index (κ1) is 24.3. The van der Waals surface area contributed by atoms with Crippen LogP contribution >= 0.6 is 0 Å². The molecule has 5 nitrogen and oxygen atoms in total. The first-order chi connectivity index (χ1) is 16.8. The molecule has 0 aromatic heterocycles. The Kier molecular flexibility index (Phi) is 7.10. The molecule has 1 aliphatic rings. The van der Waals surface area contributed by atoms with Gasteiger partial charge >= 0.3 is 12.1 Å². The summed E-state index contributed by atoms with van der Waals surface area (Å²) >= 11 is 0. The van der Waals surface area contributed by atoms with Gasteiger partial charge in [-0.15, -0.1) is 0 Å². The summed E-state index contributed by atoms with van der Waals surface area (Å²) in [5, 5.41) is 0. The van der Waals surface area contributed by atoms with E-state index in [2.05, 4.69) is 0 Å². The molecule has 0 saturated heterocycles. The van der Waals surface area contributed by atoms with Crippen LogP contribution in [0.3, 0.4) is 0 Å². The van der Waals surface area contributed by atoms with Crippen LogP contribution in [0, 0.1) is 0 Å². The summed E-state index contributed by atoms with van der Waals surface area (Å²) in [7, 11) is 0. The number of rotatable bonds is 8. The Morgan fingerprint density at radius 3 is 2.31 bits per heavy atom. The van der Waals surface area contributed by atoms with Gasteiger partial charge in [-0.25, -0.2) is 0 Å². The largest absolute Gasteiger partial charge is 0.493 e. The second kappa shape index (κ2) is 10.2. The molecular formula is C27H24F3NO4. The van der Waals surface area contributed by atoms with Crippen LogP contribution in [-0.2, 0) is 35.1 Å². The topological polar surface area (TPSA) is 55.8 Å². The Bertz CT molecular complexity index is 1200. The predicted octanol–water partition coefficient (Wildman–Crippen LogP) is 5.59. The van der Waals surface area contributed by atoms with E-state index < -0.39 is 11.7 Å². The number of alkyl halides is 3. The van der Waals surface area contributed by atoms with Gasteiger partial charge in [0.15, 0.2) is 0 Å². The van der Waals surface area contributed by atoms with Crippen LogP contribution in [0.5, 0.6) is 5.75 Å². The third kappa shape index (κ3) is 5.65. The van der Waals surface area contributed by atoms with Crippen molar-refractivity contribution in [2.45, 2.75) is 32.5 Å². The summed E-state index contributed by atoms with van der Waals surface area (Å²) < 4.78 is 49.5. The van der Waals surface area contributed by atoms with Gasteiger partial charge in [0.05, 0.1) is 31.7 Å². The zero-order valence-electron chi connectivity index (χ0n) is 19.1. The zero-order valence-corrected chi connectivity index (χ0v) is 19.1. The van der Waals surface area contributed by atoms with Gasteiger partial charge in [0.2, 0.25) is 0 Å². The number of anilines is 1. The maximum atomic E-state index is 12.9. The average Bonchev–Trinajstić information content (AvgIpc) is 3.17. The molecule has 0 fully saturated rings. The van der Waals surface area contributed by atoms with Crippen molar-refractivity contribution < 1.29 is 32.2 Å². The van der Waals surface area contributed by atoms with E-state index in [4.69, 9.17) is 9.47 Å². The third-order valence-corrected chi connectivity index (χ3v) is 5.76. The number of ether oxygens (including phenoxy) is 2. The highest BCUT2D eigenvalue weighted by Crippen LogP contribution is 2.36. The van der Waals surface area contributed by atoms with Crippen molar-refractivity contribution in [1.82, 2.24) is 0 Å². The number of esters is 1. The van der Waals surface area contributed by atoms with E-state index in [0.717, 1.165) is 23.3 Å². The van der Waals surface area contributed by atoms with E-state index in [-0.39, 0.29) is 24.8 Å². The second-order valence-corrected chi connectivity index (χ2v) is 8.11. The maximum Gasteiger partial charge on any atom is 0.416 e. The Hall–Kier alpha value is -3.81. The monoisotopic (exact) mass is 483 g/mol. The molecule has 0 saturated carbocycles. The molecule has 0 atom stereocenters. The molecule has 0 radical (unpaired) electrons. The molecule has 0 unspecified atom stereocenters. The van der Waals surface area contributed by atoms with Gasteiger partial charge in [-0.2, -0.15) is 13.2 Å². The van der Waals surface area contributed by atoms with Crippen molar-refractivity contribution in [3.05, 3.63) is 94.5 Å². The summed E-state index contributed by atoms with van der Waals surface area (Å²) in [6, 6.07) is 17.4. The fourth-order valence-corrected chi connectivity index (χ4v) is 3.96. The Morgan fingerprint density at radius 1 is 0.971 bits per heavy atom. The average molecular weight is 483 g/mol. The number of amides is 1. The van der Waals surface area contributed by atoms with E-state index >= 15 is 0 Å². The van der Waals surface area contributed by atoms with E-state index in [1.54, 1.807) is 25.1 Å². The fourth-order valence-electron chi connectivity index (χ4n) is 3.96. The van der Waals surface area contributed by atoms with Gasteiger partial charge in [0.25, 0.3) is 5.91 Å². The first-order valence-electron chi connectivity index (χ1n) is 11.2. The predicted molar refractivity (Wildman–Crippen MR) is 124 cm³/mol. The highest BCUT2D eigenvalue weighted by Gasteiger charge is 2.33. The molecule has 0 N–H and O–H groups in total. The second-order valence-electron chi connectivity index (χ2n) is 8.11. The lowest BCUT2D eigenvalue weighted by atomic mass is 10.1. The minimum Gasteiger partial charge on any atom is -0.493 e. The van der Waals surface area contributed by atoms with Crippen molar-refractivity contribution in [2.75, 3.05) is 18.1 Å². The lowest BCUT2D eigenvalue weighted by Gasteiger charge is -2.17. The lowest BCUT2D eigenvalue weighted by molar-refractivity contribution is -0.142. The number of halogens is 3. The molecule has 1 heterocycles. The first-order valence-corrected chi connectivity index (χ1v) is 11.2. The van der Waals surface area contributed by atoms with Crippen molar-refractivity contribution in [3.63, 3.8) is 0 Å². The Labute approximate surface area is 201 Å². The Balaban J connectivity index is 1.38.